The highest BCUT2D eigenvalue weighted by molar-refractivity contribution is 6.52. The second-order valence-electron chi connectivity index (χ2n) is 27.8. The van der Waals surface area contributed by atoms with Crippen molar-refractivity contribution in [2.75, 3.05) is 19.7 Å². The molecule has 0 spiro atoms. The monoisotopic (exact) mass is 1230 g/mol. The smallest absolute Gasteiger partial charge is 0.315 e. The topological polar surface area (TPSA) is 328 Å². The number of primary amides is 2. The molecule has 4 saturated carbocycles. The van der Waals surface area contributed by atoms with Gasteiger partial charge in [0.2, 0.25) is 35.2 Å². The van der Waals surface area contributed by atoms with Gasteiger partial charge in [0.15, 0.2) is 0 Å². The maximum atomic E-state index is 14.1. The van der Waals surface area contributed by atoms with Gasteiger partial charge in [0.05, 0.1) is 18.1 Å². The molecule has 26 heteroatoms. The number of hydrogen-bond acceptors (Lipinski definition) is 12. The molecule has 4 aliphatic carbocycles. The molecule has 82 heavy (non-hydrogen) atoms. The van der Waals surface area contributed by atoms with Gasteiger partial charge in [0.25, 0.3) is 11.8 Å². The van der Waals surface area contributed by atoms with Crippen LogP contribution in [0.2, 0.25) is 0 Å². The first-order valence-corrected chi connectivity index (χ1v) is 29.9. The van der Waals surface area contributed by atoms with Crippen molar-refractivity contribution in [3.8, 4) is 0 Å². The molecule has 2 aliphatic heterocycles. The molecule has 462 valence electrons. The zero-order chi connectivity index (χ0) is 62.3. The number of carbonyl (C=O) groups is 11. The van der Waals surface area contributed by atoms with Gasteiger partial charge in [-0.15, -0.1) is 46.4 Å². The van der Waals surface area contributed by atoms with Crippen molar-refractivity contribution in [1.82, 2.24) is 41.7 Å². The van der Waals surface area contributed by atoms with Crippen LogP contribution in [-0.2, 0) is 47.9 Å². The van der Waals surface area contributed by atoms with Crippen LogP contribution in [0.25, 0.3) is 0 Å². The third-order valence-corrected chi connectivity index (χ3v) is 19.5. The second kappa shape index (κ2) is 25.5. The zero-order valence-electron chi connectivity index (χ0n) is 49.8. The normalized spacial score (nSPS) is 25.6. The molecule has 10 N–H and O–H groups in total. The van der Waals surface area contributed by atoms with Gasteiger partial charge in [-0.05, 0) is 53.3 Å². The third kappa shape index (κ3) is 16.2. The summed E-state index contributed by atoms with van der Waals surface area (Å²) in [6.45, 7) is 25.7. The van der Waals surface area contributed by atoms with E-state index in [2.05, 4.69) is 31.9 Å². The zero-order valence-corrected chi connectivity index (χ0v) is 52.8. The SMILES string of the molecule is CC(=O)OCC(NC(=O)N[C@H](C(=O)N1C[C@H]2[C@@H]([C@H]1C(=O)NC(CC1CCC1)C(=O)C(N)=O)C2(Cl)Cl)C(C)(C)C)C(C)(C)C.CC(NC(=O)N[C@H](C(=O)N1C[C@H]2[C@@H]([C@H]1C(=O)NC(CC1CCC1)C(=O)C(N)=O)C2(Cl)Cl)C(C)(C)C)C(C)(C)C. The number of fused-ring (bicyclic) bond motifs is 2. The number of amides is 10. The van der Waals surface area contributed by atoms with Crippen molar-refractivity contribution in [3.63, 3.8) is 0 Å². The Kier molecular flexibility index (Phi) is 21.2. The van der Waals surface area contributed by atoms with Crippen LogP contribution >= 0.6 is 46.4 Å². The van der Waals surface area contributed by atoms with Crippen molar-refractivity contribution in [2.24, 2.45) is 68.6 Å². The maximum Gasteiger partial charge on any atom is 0.315 e. The molecular formula is C56H88Cl4N10O12. The summed E-state index contributed by atoms with van der Waals surface area (Å²) in [5, 5.41) is 16.6. The standard InChI is InChI=1S/C29H45Cl2N5O7.C27H43Cl2N5O5/c1-14(37)43-13-18(27(2,3)4)34-26(42)35-22(28(5,6)7)25(41)36-12-16-19(29(16,30)31)20(36)24(40)33-17(21(38)23(32)39)11-15-9-8-10-15;1-13(25(2,3)4)31-24(39)33-20(26(5,6)7)23(38)34-12-15-17(27(15,28)29)18(34)22(37)32-16(19(35)21(30)36)11-14-9-8-10-14/h15-20,22H,8-13H2,1-7H3,(H2,32,39)(H,33,40)(H2,34,35,42);13-18,20H,8-12H2,1-7H3,(H2,30,36)(H,32,37)(H2,31,33,39)/t16-,17?,18?,19-,20-,22+;13?,15-,16?,17-,18-,20+/m00/s1. The first-order chi connectivity index (χ1) is 37.4. The Labute approximate surface area is 501 Å². The van der Waals surface area contributed by atoms with E-state index in [4.69, 9.17) is 62.6 Å². The Balaban J connectivity index is 0.000000302. The molecule has 0 radical (unpaired) electrons. The Hall–Kier alpha value is -4.67. The summed E-state index contributed by atoms with van der Waals surface area (Å²) in [6.07, 6.45) is 6.15. The van der Waals surface area contributed by atoms with E-state index in [0.29, 0.717) is 6.42 Å². The second-order valence-corrected chi connectivity index (χ2v) is 30.7. The molecule has 4 unspecified atom stereocenters. The quantitative estimate of drug-likeness (QED) is 0.0474. The molecule has 6 fully saturated rings. The predicted octanol–water partition coefficient (Wildman–Crippen LogP) is 4.53. The van der Waals surface area contributed by atoms with Gasteiger partial charge in [-0.2, -0.15) is 0 Å². The largest absolute Gasteiger partial charge is 0.464 e. The number of urea groups is 2. The fourth-order valence-electron chi connectivity index (χ4n) is 11.0. The summed E-state index contributed by atoms with van der Waals surface area (Å²) in [6, 6.07) is -8.32. The Bertz CT molecular complexity index is 2500. The van der Waals surface area contributed by atoms with Crippen molar-refractivity contribution in [3.05, 3.63) is 0 Å². The van der Waals surface area contributed by atoms with Crippen molar-refractivity contribution in [2.45, 2.75) is 205 Å². The lowest BCUT2D eigenvalue weighted by Gasteiger charge is -2.38. The molecular weight excluding hydrogens is 1150 g/mol. The average molecular weight is 1240 g/mol. The minimum atomic E-state index is -1.24. The van der Waals surface area contributed by atoms with Crippen LogP contribution in [0.5, 0.6) is 0 Å². The number of hydrogen-bond donors (Lipinski definition) is 8. The van der Waals surface area contributed by atoms with Crippen LogP contribution in [0.4, 0.5) is 9.59 Å². The van der Waals surface area contributed by atoms with Gasteiger partial charge in [-0.1, -0.05) is 122 Å². The van der Waals surface area contributed by atoms with E-state index in [9.17, 15) is 52.7 Å². The van der Waals surface area contributed by atoms with Gasteiger partial charge in [-0.3, -0.25) is 43.2 Å². The van der Waals surface area contributed by atoms with Crippen molar-refractivity contribution >= 4 is 111 Å². The highest BCUT2D eigenvalue weighted by Gasteiger charge is 2.75. The Morgan fingerprint density at radius 2 is 0.890 bits per heavy atom. The summed E-state index contributed by atoms with van der Waals surface area (Å²) < 4.78 is 2.69. The van der Waals surface area contributed by atoms with E-state index in [0.717, 1.165) is 38.5 Å². The van der Waals surface area contributed by atoms with Crippen LogP contribution < -0.4 is 43.4 Å². The molecule has 2 heterocycles. The van der Waals surface area contributed by atoms with Crippen LogP contribution in [-0.4, -0.2) is 152 Å². The highest BCUT2D eigenvalue weighted by atomic mass is 35.5. The summed E-state index contributed by atoms with van der Waals surface area (Å²) in [7, 11) is 0. The number of rotatable bonds is 20. The number of halogens is 4. The molecule has 0 bridgehead atoms. The van der Waals surface area contributed by atoms with E-state index >= 15 is 0 Å². The minimum absolute atomic E-state index is 0.0578. The summed E-state index contributed by atoms with van der Waals surface area (Å²) in [5.41, 5.74) is 8.37. The number of nitrogens with two attached hydrogens (primary N) is 2. The summed E-state index contributed by atoms with van der Waals surface area (Å²) in [4.78, 5) is 144. The molecule has 0 aromatic heterocycles. The number of carbonyl (C=O) groups excluding carboxylic acids is 11. The number of Topliss-reactive ketones (excluding diaryl/α,β-unsaturated/α-hetero) is 2. The van der Waals surface area contributed by atoms with Crippen LogP contribution in [0.15, 0.2) is 0 Å². The average Bonchev–Trinajstić information content (AvgIpc) is 3.85. The number of nitrogens with zero attached hydrogens (tertiary/aromatic N) is 2. The van der Waals surface area contributed by atoms with E-state index < -0.39 is 150 Å². The lowest BCUT2D eigenvalue weighted by atomic mass is 9.80. The van der Waals surface area contributed by atoms with Crippen LogP contribution in [0.3, 0.4) is 0 Å². The predicted molar refractivity (Wildman–Crippen MR) is 309 cm³/mol. The number of ether oxygens (including phenoxy) is 1. The third-order valence-electron chi connectivity index (χ3n) is 17.3. The fourth-order valence-corrected chi connectivity index (χ4v) is 12.6. The van der Waals surface area contributed by atoms with E-state index in [-0.39, 0.29) is 55.3 Å². The van der Waals surface area contributed by atoms with Gasteiger partial charge in [0, 0.05) is 49.7 Å². The molecule has 0 aromatic rings. The highest BCUT2D eigenvalue weighted by Crippen LogP contribution is 2.66. The molecule has 10 amide bonds. The number of alkyl halides is 4. The number of piperidine rings is 2. The van der Waals surface area contributed by atoms with E-state index in [1.54, 1.807) is 20.8 Å². The van der Waals surface area contributed by atoms with Crippen LogP contribution in [0.1, 0.15) is 148 Å². The van der Waals surface area contributed by atoms with Crippen LogP contribution in [0, 0.1) is 57.2 Å². The fraction of sp³-hybridized carbons (Fsp3) is 0.804. The van der Waals surface area contributed by atoms with Gasteiger partial charge in [0.1, 0.15) is 39.4 Å². The van der Waals surface area contributed by atoms with Gasteiger partial charge in [-0.25, -0.2) is 9.59 Å². The summed E-state index contributed by atoms with van der Waals surface area (Å²) >= 11 is 25.9. The number of likely N-dealkylation sites (tertiary alicyclic amines) is 2. The Morgan fingerprint density at radius 1 is 0.537 bits per heavy atom. The first kappa shape index (κ1) is 68.1. The molecule has 2 saturated heterocycles. The molecule has 22 nitrogen and oxygen atoms in total. The number of nitrogens with one attached hydrogen (secondary N) is 6. The minimum Gasteiger partial charge on any atom is -0.464 e. The van der Waals surface area contributed by atoms with Gasteiger partial charge < -0.3 is 57.9 Å². The van der Waals surface area contributed by atoms with Crippen molar-refractivity contribution < 1.29 is 57.5 Å². The van der Waals surface area contributed by atoms with Gasteiger partial charge >= 0.3 is 18.0 Å². The molecule has 12 atom stereocenters. The van der Waals surface area contributed by atoms with Crippen molar-refractivity contribution in [1.29, 1.82) is 0 Å². The van der Waals surface area contributed by atoms with E-state index in [1.807, 2.05) is 69.2 Å². The first-order valence-electron chi connectivity index (χ1n) is 28.3. The lowest BCUT2D eigenvalue weighted by Crippen LogP contribution is -2.62. The van der Waals surface area contributed by atoms with E-state index in [1.165, 1.54) is 16.7 Å². The molecule has 0 aromatic carbocycles. The maximum absolute atomic E-state index is 14.1. The molecule has 6 aliphatic rings. The molecule has 6 rings (SSSR count). The Morgan fingerprint density at radius 3 is 1.17 bits per heavy atom. The lowest BCUT2D eigenvalue weighted by molar-refractivity contribution is -0.144. The number of esters is 1. The number of ketones is 2. The summed E-state index contributed by atoms with van der Waals surface area (Å²) in [5.74, 6) is -8.29.